The number of nitrogens with zero attached hydrogens (tertiary/aromatic N) is 1. The SMILES string of the molecule is CCC(N)C(c1cccs1)N1CCCCC1CC. The van der Waals surface area contributed by atoms with Gasteiger partial charge in [-0.25, -0.2) is 0 Å². The molecule has 2 heterocycles. The Bertz CT molecular complexity index is 336. The number of nitrogens with two attached hydrogens (primary N) is 1. The maximum Gasteiger partial charge on any atom is 0.0595 e. The standard InChI is InChI=1S/C15H26N2S/c1-3-12-8-5-6-10-17(12)15(13(16)4-2)14-9-7-11-18-14/h7,9,11-13,15H,3-6,8,10,16H2,1-2H3. The lowest BCUT2D eigenvalue weighted by atomic mass is 9.93. The fourth-order valence-corrected chi connectivity index (χ4v) is 4.05. The molecular formula is C15H26N2S. The van der Waals surface area contributed by atoms with E-state index in [-0.39, 0.29) is 6.04 Å². The fraction of sp³-hybridized carbons (Fsp3) is 0.733. The molecule has 0 saturated carbocycles. The van der Waals surface area contributed by atoms with Crippen molar-refractivity contribution in [1.29, 1.82) is 0 Å². The first kappa shape index (κ1) is 14.0. The van der Waals surface area contributed by atoms with Crippen molar-refractivity contribution in [2.45, 2.75) is 64.1 Å². The van der Waals surface area contributed by atoms with E-state index in [1.807, 2.05) is 11.3 Å². The van der Waals surface area contributed by atoms with Crippen molar-refractivity contribution in [3.63, 3.8) is 0 Å². The van der Waals surface area contributed by atoms with Gasteiger partial charge in [-0.15, -0.1) is 11.3 Å². The van der Waals surface area contributed by atoms with Gasteiger partial charge in [-0.3, -0.25) is 4.90 Å². The molecule has 2 N–H and O–H groups in total. The summed E-state index contributed by atoms with van der Waals surface area (Å²) in [5.41, 5.74) is 6.42. The molecule has 1 aromatic rings. The summed E-state index contributed by atoms with van der Waals surface area (Å²) in [6, 6.07) is 5.83. The van der Waals surface area contributed by atoms with Crippen molar-refractivity contribution in [3.8, 4) is 0 Å². The zero-order valence-electron chi connectivity index (χ0n) is 11.6. The summed E-state index contributed by atoms with van der Waals surface area (Å²) in [6.07, 6.45) is 6.35. The lowest BCUT2D eigenvalue weighted by Crippen LogP contribution is -2.47. The Kier molecular flexibility index (Phi) is 5.22. The number of piperidine rings is 1. The van der Waals surface area contributed by atoms with E-state index in [4.69, 9.17) is 5.73 Å². The van der Waals surface area contributed by atoms with Crippen LogP contribution in [0.5, 0.6) is 0 Å². The molecule has 0 spiro atoms. The van der Waals surface area contributed by atoms with Crippen LogP contribution in [0.2, 0.25) is 0 Å². The zero-order chi connectivity index (χ0) is 13.0. The largest absolute Gasteiger partial charge is 0.326 e. The first-order valence-corrected chi connectivity index (χ1v) is 8.20. The molecule has 1 aliphatic heterocycles. The average molecular weight is 266 g/mol. The van der Waals surface area contributed by atoms with Crippen LogP contribution in [0.25, 0.3) is 0 Å². The normalized spacial score (nSPS) is 24.9. The summed E-state index contributed by atoms with van der Waals surface area (Å²) < 4.78 is 0. The van der Waals surface area contributed by atoms with Gasteiger partial charge in [0.15, 0.2) is 0 Å². The molecule has 18 heavy (non-hydrogen) atoms. The molecule has 0 aliphatic carbocycles. The van der Waals surface area contributed by atoms with Crippen molar-refractivity contribution in [3.05, 3.63) is 22.4 Å². The average Bonchev–Trinajstić information content (AvgIpc) is 2.93. The van der Waals surface area contributed by atoms with Gasteiger partial charge in [0, 0.05) is 17.0 Å². The van der Waals surface area contributed by atoms with E-state index in [0.29, 0.717) is 6.04 Å². The van der Waals surface area contributed by atoms with E-state index in [1.165, 1.54) is 37.1 Å². The van der Waals surface area contributed by atoms with Gasteiger partial charge in [-0.1, -0.05) is 26.3 Å². The number of rotatable bonds is 5. The number of hydrogen-bond donors (Lipinski definition) is 1. The third-order valence-corrected chi connectivity index (χ3v) is 5.16. The number of thiophene rings is 1. The third-order valence-electron chi connectivity index (χ3n) is 4.21. The topological polar surface area (TPSA) is 29.3 Å². The van der Waals surface area contributed by atoms with Crippen LogP contribution in [0.4, 0.5) is 0 Å². The molecule has 3 unspecified atom stereocenters. The summed E-state index contributed by atoms with van der Waals surface area (Å²) >= 11 is 1.86. The quantitative estimate of drug-likeness (QED) is 0.878. The second-order valence-electron chi connectivity index (χ2n) is 5.33. The molecule has 3 heteroatoms. The lowest BCUT2D eigenvalue weighted by molar-refractivity contribution is 0.0776. The van der Waals surface area contributed by atoms with Crippen LogP contribution >= 0.6 is 11.3 Å². The van der Waals surface area contributed by atoms with E-state index < -0.39 is 0 Å². The Labute approximate surface area is 115 Å². The Hall–Kier alpha value is -0.380. The van der Waals surface area contributed by atoms with Gasteiger partial charge < -0.3 is 5.73 Å². The predicted octanol–water partition coefficient (Wildman–Crippen LogP) is 3.79. The van der Waals surface area contributed by atoms with E-state index >= 15 is 0 Å². The van der Waals surface area contributed by atoms with Gasteiger partial charge in [0.1, 0.15) is 0 Å². The highest BCUT2D eigenvalue weighted by Gasteiger charge is 2.32. The van der Waals surface area contributed by atoms with E-state index in [2.05, 4.69) is 36.3 Å². The molecule has 102 valence electrons. The zero-order valence-corrected chi connectivity index (χ0v) is 12.5. The number of likely N-dealkylation sites (tertiary alicyclic amines) is 1. The van der Waals surface area contributed by atoms with Gasteiger partial charge >= 0.3 is 0 Å². The van der Waals surface area contributed by atoms with E-state index in [1.54, 1.807) is 0 Å². The monoisotopic (exact) mass is 266 g/mol. The maximum atomic E-state index is 6.42. The second-order valence-corrected chi connectivity index (χ2v) is 6.31. The highest BCUT2D eigenvalue weighted by molar-refractivity contribution is 7.10. The van der Waals surface area contributed by atoms with Crippen molar-refractivity contribution in [1.82, 2.24) is 4.90 Å². The first-order valence-electron chi connectivity index (χ1n) is 7.32. The second kappa shape index (κ2) is 6.69. The van der Waals surface area contributed by atoms with Crippen LogP contribution in [-0.2, 0) is 0 Å². The van der Waals surface area contributed by atoms with Gasteiger partial charge in [0.25, 0.3) is 0 Å². The van der Waals surface area contributed by atoms with Crippen LogP contribution in [0.15, 0.2) is 17.5 Å². The van der Waals surface area contributed by atoms with Gasteiger partial charge in [-0.05, 0) is 43.7 Å². The Morgan fingerprint density at radius 1 is 1.44 bits per heavy atom. The van der Waals surface area contributed by atoms with Crippen LogP contribution in [0, 0.1) is 0 Å². The van der Waals surface area contributed by atoms with Crippen LogP contribution in [-0.4, -0.2) is 23.5 Å². The Morgan fingerprint density at radius 2 is 2.28 bits per heavy atom. The molecule has 1 aromatic heterocycles. The van der Waals surface area contributed by atoms with Crippen molar-refractivity contribution in [2.75, 3.05) is 6.54 Å². The van der Waals surface area contributed by atoms with E-state index in [0.717, 1.165) is 12.5 Å². The smallest absolute Gasteiger partial charge is 0.0595 e. The van der Waals surface area contributed by atoms with Crippen LogP contribution < -0.4 is 5.73 Å². The molecule has 1 saturated heterocycles. The molecule has 0 aromatic carbocycles. The third kappa shape index (κ3) is 2.95. The minimum atomic E-state index is 0.260. The molecular weight excluding hydrogens is 240 g/mol. The van der Waals surface area contributed by atoms with Gasteiger partial charge in [0.05, 0.1) is 6.04 Å². The Morgan fingerprint density at radius 3 is 2.89 bits per heavy atom. The minimum absolute atomic E-state index is 0.260. The molecule has 0 bridgehead atoms. The van der Waals surface area contributed by atoms with Crippen molar-refractivity contribution < 1.29 is 0 Å². The summed E-state index contributed by atoms with van der Waals surface area (Å²) in [6.45, 7) is 5.73. The van der Waals surface area contributed by atoms with Gasteiger partial charge in [0.2, 0.25) is 0 Å². The highest BCUT2D eigenvalue weighted by atomic mass is 32.1. The van der Waals surface area contributed by atoms with Crippen LogP contribution in [0.1, 0.15) is 56.9 Å². The predicted molar refractivity (Wildman–Crippen MR) is 80.0 cm³/mol. The van der Waals surface area contributed by atoms with Crippen molar-refractivity contribution in [2.24, 2.45) is 5.73 Å². The first-order chi connectivity index (χ1) is 8.77. The lowest BCUT2D eigenvalue weighted by Gasteiger charge is -2.43. The molecule has 1 fully saturated rings. The van der Waals surface area contributed by atoms with E-state index in [9.17, 15) is 0 Å². The number of hydrogen-bond acceptors (Lipinski definition) is 3. The molecule has 0 amide bonds. The summed E-state index contributed by atoms with van der Waals surface area (Å²) in [5, 5.41) is 2.18. The molecule has 2 nitrogen and oxygen atoms in total. The van der Waals surface area contributed by atoms with Crippen LogP contribution in [0.3, 0.4) is 0 Å². The summed E-state index contributed by atoms with van der Waals surface area (Å²) in [7, 11) is 0. The Balaban J connectivity index is 2.22. The summed E-state index contributed by atoms with van der Waals surface area (Å²) in [4.78, 5) is 4.13. The molecule has 3 atom stereocenters. The minimum Gasteiger partial charge on any atom is -0.326 e. The molecule has 2 rings (SSSR count). The molecule has 0 radical (unpaired) electrons. The van der Waals surface area contributed by atoms with Crippen molar-refractivity contribution >= 4 is 11.3 Å². The summed E-state index contributed by atoms with van der Waals surface area (Å²) in [5.74, 6) is 0. The fourth-order valence-electron chi connectivity index (χ4n) is 3.13. The molecule has 1 aliphatic rings. The highest BCUT2D eigenvalue weighted by Crippen LogP contribution is 2.34. The maximum absolute atomic E-state index is 6.42. The van der Waals surface area contributed by atoms with Gasteiger partial charge in [-0.2, -0.15) is 0 Å².